The number of methoxy groups -OCH3 is 1. The first kappa shape index (κ1) is 34.0. The molecule has 48 heavy (non-hydrogen) atoms. The summed E-state index contributed by atoms with van der Waals surface area (Å²) < 4.78 is 10.2. The summed E-state index contributed by atoms with van der Waals surface area (Å²) >= 11 is 0. The van der Waals surface area contributed by atoms with Crippen LogP contribution >= 0.6 is 0 Å². The number of aliphatic hydroxyl groups excluding tert-OH is 1. The molecule has 6 rings (SSSR count). The minimum Gasteiger partial charge on any atom is -0.467 e. The van der Waals surface area contributed by atoms with Crippen LogP contribution in [0.1, 0.15) is 77.2 Å². The van der Waals surface area contributed by atoms with E-state index >= 15 is 0 Å². The van der Waals surface area contributed by atoms with Crippen molar-refractivity contribution in [2.45, 2.75) is 95.8 Å². The van der Waals surface area contributed by atoms with Crippen LogP contribution in [0.15, 0.2) is 42.1 Å². The quantitative estimate of drug-likeness (QED) is 0.278. The smallest absolute Gasteiger partial charge is 0.328 e. The number of carbonyl (C=O) groups excluding carboxylic acids is 5. The lowest BCUT2D eigenvalue weighted by Gasteiger charge is -2.60. The molecule has 2 aromatic rings. The molecule has 0 unspecified atom stereocenters. The Hall–Kier alpha value is -3.83. The Balaban J connectivity index is 1.04. The summed E-state index contributed by atoms with van der Waals surface area (Å²) in [6, 6.07) is 6.62. The molecule has 4 aliphatic rings. The molecule has 0 saturated heterocycles. The van der Waals surface area contributed by atoms with Crippen molar-refractivity contribution < 1.29 is 43.7 Å². The van der Waals surface area contributed by atoms with Crippen molar-refractivity contribution in [1.29, 1.82) is 0 Å². The summed E-state index contributed by atoms with van der Waals surface area (Å²) in [4.78, 5) is 66.7. The van der Waals surface area contributed by atoms with Crippen molar-refractivity contribution in [1.82, 2.24) is 10.3 Å². The lowest BCUT2D eigenvalue weighted by atomic mass is 9.45. The van der Waals surface area contributed by atoms with E-state index in [0.717, 1.165) is 34.9 Å². The number of aromatic nitrogens is 1. The number of Topliss-reactive ketones (excluding diaryl/α,β-unsaturated/α-hetero) is 1. The fourth-order valence-electron chi connectivity index (χ4n) is 9.83. The van der Waals surface area contributed by atoms with Gasteiger partial charge in [0, 0.05) is 41.8 Å². The summed E-state index contributed by atoms with van der Waals surface area (Å²) in [6.45, 7) is 3.39. The number of carbonyl (C=O) groups is 5. The highest BCUT2D eigenvalue weighted by Gasteiger charge is 2.68. The van der Waals surface area contributed by atoms with Gasteiger partial charge in [0.05, 0.1) is 19.6 Å². The zero-order valence-electron chi connectivity index (χ0n) is 27.9. The van der Waals surface area contributed by atoms with Gasteiger partial charge >= 0.3 is 11.9 Å². The van der Waals surface area contributed by atoms with E-state index in [4.69, 9.17) is 9.47 Å². The molecule has 0 aliphatic heterocycles. The summed E-state index contributed by atoms with van der Waals surface area (Å²) in [6.07, 6.45) is 6.19. The molecule has 0 bridgehead atoms. The second-order valence-electron chi connectivity index (χ2n) is 14.8. The van der Waals surface area contributed by atoms with Crippen molar-refractivity contribution in [3.63, 3.8) is 0 Å². The number of benzene rings is 1. The number of aliphatic hydroxyl groups is 2. The second-order valence-corrected chi connectivity index (χ2v) is 14.8. The van der Waals surface area contributed by atoms with E-state index in [9.17, 15) is 34.2 Å². The maximum Gasteiger partial charge on any atom is 0.328 e. The zero-order chi connectivity index (χ0) is 34.4. The minimum absolute atomic E-state index is 0.00210. The van der Waals surface area contributed by atoms with Crippen LogP contribution in [0.4, 0.5) is 0 Å². The molecule has 11 nitrogen and oxygen atoms in total. The fraction of sp³-hybridized carbons (Fsp3) is 0.595. The first-order valence-corrected chi connectivity index (χ1v) is 17.1. The van der Waals surface area contributed by atoms with Gasteiger partial charge in [-0.25, -0.2) is 4.79 Å². The van der Waals surface area contributed by atoms with E-state index in [1.165, 1.54) is 7.11 Å². The van der Waals surface area contributed by atoms with Gasteiger partial charge in [0.15, 0.2) is 12.4 Å². The van der Waals surface area contributed by atoms with Gasteiger partial charge in [0.25, 0.3) is 0 Å². The van der Waals surface area contributed by atoms with E-state index in [0.29, 0.717) is 19.3 Å². The normalized spacial score (nSPS) is 33.1. The number of aromatic amines is 1. The standard InChI is InChI=1S/C37H46N2O9/c1-35-14-12-23(40)17-22(35)8-9-25-26-13-15-37(46,36(26,2)18-29(41)33(25)35)30(42)20-48-32(44)11-10-31(43)39-28(34(45)47-3)16-21-19-38-27-7-5-4-6-24(21)27/h4-7,17,19,25-26,28-29,33,38,41,46H,8-16,18,20H2,1-3H3,(H,39,43)/t25-,26-,28+,29-,33+,35-,36-,37-/m0/s1. The van der Waals surface area contributed by atoms with Crippen LogP contribution in [0.3, 0.4) is 0 Å². The number of hydrogen-bond acceptors (Lipinski definition) is 9. The van der Waals surface area contributed by atoms with Crippen LogP contribution < -0.4 is 5.32 Å². The van der Waals surface area contributed by atoms with Crippen molar-refractivity contribution in [2.75, 3.05) is 13.7 Å². The molecule has 3 fully saturated rings. The maximum atomic E-state index is 13.6. The molecular formula is C37H46N2O9. The molecule has 1 aromatic heterocycles. The molecular weight excluding hydrogens is 616 g/mol. The maximum absolute atomic E-state index is 13.6. The van der Waals surface area contributed by atoms with E-state index < -0.39 is 53.4 Å². The van der Waals surface area contributed by atoms with Gasteiger partial charge in [-0.1, -0.05) is 37.6 Å². The highest BCUT2D eigenvalue weighted by atomic mass is 16.5. The van der Waals surface area contributed by atoms with Gasteiger partial charge in [0.2, 0.25) is 11.7 Å². The van der Waals surface area contributed by atoms with Gasteiger partial charge in [-0.2, -0.15) is 0 Å². The Labute approximate surface area is 279 Å². The predicted octanol–water partition coefficient (Wildman–Crippen LogP) is 3.49. The van der Waals surface area contributed by atoms with Crippen LogP contribution in [0, 0.1) is 28.6 Å². The number of para-hydroxylation sites is 1. The van der Waals surface area contributed by atoms with Crippen LogP contribution in [-0.4, -0.2) is 76.1 Å². The molecule has 1 amide bonds. The number of esters is 2. The third-order valence-corrected chi connectivity index (χ3v) is 12.3. The number of hydrogen-bond donors (Lipinski definition) is 4. The Morgan fingerprint density at radius 3 is 2.62 bits per heavy atom. The van der Waals surface area contributed by atoms with Crippen LogP contribution in [0.5, 0.6) is 0 Å². The molecule has 4 N–H and O–H groups in total. The molecule has 11 heteroatoms. The average Bonchev–Trinajstić information content (AvgIpc) is 3.59. The number of H-pyrrole nitrogens is 1. The highest BCUT2D eigenvalue weighted by molar-refractivity contribution is 5.93. The van der Waals surface area contributed by atoms with Gasteiger partial charge in [-0.15, -0.1) is 0 Å². The van der Waals surface area contributed by atoms with Crippen molar-refractivity contribution in [3.8, 4) is 0 Å². The molecule has 258 valence electrons. The first-order chi connectivity index (χ1) is 22.8. The first-order valence-electron chi connectivity index (χ1n) is 17.1. The Morgan fingerprint density at radius 2 is 1.85 bits per heavy atom. The lowest BCUT2D eigenvalue weighted by Crippen LogP contribution is -2.62. The Morgan fingerprint density at radius 1 is 1.08 bits per heavy atom. The zero-order valence-corrected chi connectivity index (χ0v) is 27.9. The van der Waals surface area contributed by atoms with E-state index in [2.05, 4.69) is 17.2 Å². The van der Waals surface area contributed by atoms with Gasteiger partial charge in [0.1, 0.15) is 11.6 Å². The van der Waals surface area contributed by atoms with E-state index in [1.807, 2.05) is 31.2 Å². The van der Waals surface area contributed by atoms with Gasteiger partial charge in [-0.3, -0.25) is 19.2 Å². The number of ether oxygens (including phenoxy) is 2. The lowest BCUT2D eigenvalue weighted by molar-refractivity contribution is -0.184. The molecule has 8 atom stereocenters. The third-order valence-electron chi connectivity index (χ3n) is 12.3. The van der Waals surface area contributed by atoms with Crippen molar-refractivity contribution >= 4 is 40.3 Å². The molecule has 1 heterocycles. The van der Waals surface area contributed by atoms with Gasteiger partial charge < -0.3 is 30.0 Å². The number of ketones is 2. The summed E-state index contributed by atoms with van der Waals surface area (Å²) in [5.41, 5.74) is -0.109. The number of nitrogens with one attached hydrogen (secondary N) is 2. The monoisotopic (exact) mass is 662 g/mol. The molecule has 0 spiro atoms. The Kier molecular flexibility index (Phi) is 9.14. The second kappa shape index (κ2) is 12.9. The molecule has 0 radical (unpaired) electrons. The summed E-state index contributed by atoms with van der Waals surface area (Å²) in [5.74, 6) is -2.36. The van der Waals surface area contributed by atoms with E-state index in [1.54, 1.807) is 12.3 Å². The highest BCUT2D eigenvalue weighted by Crippen LogP contribution is 2.67. The van der Waals surface area contributed by atoms with Gasteiger partial charge in [-0.05, 0) is 79.4 Å². The SMILES string of the molecule is COC(=O)[C@@H](Cc1c[nH]c2ccccc12)NC(=O)CCC(=O)OCC(=O)[C@@]1(O)CC[C@H]2[C@@H]3CCC4=CC(=O)CC[C@]4(C)[C@H]3[C@@H](O)C[C@@]21C. The fourth-order valence-corrected chi connectivity index (χ4v) is 9.83. The van der Waals surface area contributed by atoms with E-state index in [-0.39, 0.29) is 61.1 Å². The number of rotatable bonds is 10. The number of fused-ring (bicyclic) bond motifs is 6. The topological polar surface area (TPSA) is 172 Å². The predicted molar refractivity (Wildman–Crippen MR) is 174 cm³/mol. The van der Waals surface area contributed by atoms with Crippen LogP contribution in [0.2, 0.25) is 0 Å². The van der Waals surface area contributed by atoms with Crippen LogP contribution in [0.25, 0.3) is 10.9 Å². The minimum atomic E-state index is -1.77. The van der Waals surface area contributed by atoms with Crippen molar-refractivity contribution in [3.05, 3.63) is 47.7 Å². The largest absolute Gasteiger partial charge is 0.467 e. The Bertz CT molecular complexity index is 1660. The summed E-state index contributed by atoms with van der Waals surface area (Å²) in [5, 5.41) is 27.1. The summed E-state index contributed by atoms with van der Waals surface area (Å²) in [7, 11) is 1.24. The molecule has 3 saturated carbocycles. The molecule has 4 aliphatic carbocycles. The number of allylic oxidation sites excluding steroid dienone is 1. The third kappa shape index (κ3) is 5.78. The average molecular weight is 663 g/mol. The number of amides is 1. The molecule has 1 aromatic carbocycles. The van der Waals surface area contributed by atoms with Crippen LogP contribution in [-0.2, 0) is 39.9 Å². The van der Waals surface area contributed by atoms with Crippen molar-refractivity contribution in [2.24, 2.45) is 28.6 Å².